The predicted molar refractivity (Wildman–Crippen MR) is 309 cm³/mol. The largest absolute Gasteiger partial charge is 0.309 e. The second kappa shape index (κ2) is 18.1. The normalized spacial score (nSPS) is 11.5. The van der Waals surface area contributed by atoms with E-state index < -0.39 is 0 Å². The Bertz CT molecular complexity index is 3890. The van der Waals surface area contributed by atoms with Crippen LogP contribution in [0.25, 0.3) is 133 Å². The van der Waals surface area contributed by atoms with Gasteiger partial charge in [0.2, 0.25) is 0 Å². The van der Waals surface area contributed by atoms with Crippen LogP contribution >= 0.6 is 0 Å². The number of fused-ring (bicyclic) bond motifs is 6. The third kappa shape index (κ3) is 7.48. The van der Waals surface area contributed by atoms with Crippen molar-refractivity contribution >= 4 is 43.6 Å². The van der Waals surface area contributed by atoms with Gasteiger partial charge in [0.25, 0.3) is 0 Å². The molecule has 346 valence electrons. The van der Waals surface area contributed by atoms with Gasteiger partial charge in [0.15, 0.2) is 0 Å². The first-order valence-corrected chi connectivity index (χ1v) is 25.2. The first-order chi connectivity index (χ1) is 36.7. The summed E-state index contributed by atoms with van der Waals surface area (Å²) in [6, 6.07) is 96.1. The average Bonchev–Trinajstić information content (AvgIpc) is 4.02. The fraction of sp³-hybridized carbons (Fsp3) is 0. The van der Waals surface area contributed by atoms with Gasteiger partial charge in [-0.25, -0.2) is 0 Å². The van der Waals surface area contributed by atoms with Crippen LogP contribution in [-0.4, -0.2) is 19.1 Å². The molecular weight excluding hydrogens is 897 g/mol. The van der Waals surface area contributed by atoms with Crippen molar-refractivity contribution in [1.29, 1.82) is 0 Å². The van der Waals surface area contributed by atoms with E-state index in [0.29, 0.717) is 0 Å². The minimum atomic E-state index is 0.905. The number of pyridine rings is 2. The second-order valence-corrected chi connectivity index (χ2v) is 19.0. The maximum atomic E-state index is 5.05. The highest BCUT2D eigenvalue weighted by Gasteiger charge is 2.19. The monoisotopic (exact) mass is 942 g/mol. The van der Waals surface area contributed by atoms with Gasteiger partial charge >= 0.3 is 0 Å². The van der Waals surface area contributed by atoms with Gasteiger partial charge in [0.05, 0.1) is 33.5 Å². The van der Waals surface area contributed by atoms with E-state index in [1.165, 1.54) is 66.1 Å². The summed E-state index contributed by atoms with van der Waals surface area (Å²) in [5, 5.41) is 4.88. The maximum Gasteiger partial charge on any atom is 0.0781 e. The third-order valence-electron chi connectivity index (χ3n) is 14.7. The van der Waals surface area contributed by atoms with Gasteiger partial charge in [0.1, 0.15) is 0 Å². The zero-order valence-electron chi connectivity index (χ0n) is 40.3. The van der Waals surface area contributed by atoms with Gasteiger partial charge in [-0.05, 0) is 129 Å². The summed E-state index contributed by atoms with van der Waals surface area (Å²) in [7, 11) is 0. The molecular formula is C70H46N4. The van der Waals surface area contributed by atoms with Gasteiger partial charge in [-0.15, -0.1) is 0 Å². The van der Waals surface area contributed by atoms with Gasteiger partial charge in [-0.2, -0.15) is 0 Å². The molecule has 74 heavy (non-hydrogen) atoms. The lowest BCUT2D eigenvalue weighted by molar-refractivity contribution is 1.18. The molecule has 0 saturated heterocycles. The molecule has 0 bridgehead atoms. The van der Waals surface area contributed by atoms with Crippen LogP contribution in [0.3, 0.4) is 0 Å². The highest BCUT2D eigenvalue weighted by Crippen LogP contribution is 2.42. The van der Waals surface area contributed by atoms with Gasteiger partial charge in [-0.3, -0.25) is 9.97 Å². The zero-order chi connectivity index (χ0) is 49.0. The summed E-state index contributed by atoms with van der Waals surface area (Å²) >= 11 is 0. The van der Waals surface area contributed by atoms with E-state index in [-0.39, 0.29) is 0 Å². The molecule has 0 amide bonds. The Morgan fingerprint density at radius 1 is 0.216 bits per heavy atom. The van der Waals surface area contributed by atoms with Crippen LogP contribution in [0.2, 0.25) is 0 Å². The third-order valence-corrected chi connectivity index (χ3v) is 14.7. The molecule has 0 radical (unpaired) electrons. The maximum absolute atomic E-state index is 5.05. The summed E-state index contributed by atoms with van der Waals surface area (Å²) in [6.07, 6.45) is 3.77. The molecule has 14 aromatic rings. The Hall–Kier alpha value is -9.90. The van der Waals surface area contributed by atoms with Crippen molar-refractivity contribution in [3.05, 3.63) is 279 Å². The first-order valence-electron chi connectivity index (χ1n) is 25.2. The molecule has 4 heteroatoms. The number of hydrogen-bond donors (Lipinski definition) is 0. The Labute approximate surface area is 429 Å². The molecule has 0 spiro atoms. The van der Waals surface area contributed by atoms with Crippen molar-refractivity contribution in [1.82, 2.24) is 19.1 Å². The van der Waals surface area contributed by atoms with Crippen LogP contribution < -0.4 is 0 Å². The number of nitrogens with zero attached hydrogens (tertiary/aromatic N) is 4. The molecule has 4 heterocycles. The Kier molecular flexibility index (Phi) is 10.5. The summed E-state index contributed by atoms with van der Waals surface area (Å²) in [6.45, 7) is 0. The quantitative estimate of drug-likeness (QED) is 0.145. The summed E-state index contributed by atoms with van der Waals surface area (Å²) in [5.41, 5.74) is 22.4. The topological polar surface area (TPSA) is 35.6 Å². The lowest BCUT2D eigenvalue weighted by Gasteiger charge is -2.15. The van der Waals surface area contributed by atoms with Crippen LogP contribution in [0.1, 0.15) is 0 Å². The van der Waals surface area contributed by atoms with Crippen LogP contribution in [0.15, 0.2) is 279 Å². The molecule has 4 nitrogen and oxygen atoms in total. The Morgan fingerprint density at radius 2 is 0.486 bits per heavy atom. The standard InChI is InChI=1S/C70H46N4/c1-5-15-47(16-6-1)53-29-37-65-61(43-53)62-44-54(48-17-7-2-8-18-48)30-38-66(62)73(65)57-33-25-51(26-34-57)69-59(23-13-41-71-69)60-24-14-42-72-70(60)52-27-35-58(36-28-52)74-67-39-31-55(49-19-9-3-10-20-49)45-63(67)64-46-56(32-40-68(64)74)50-21-11-4-12-22-50/h1-46H. The van der Waals surface area contributed by atoms with E-state index in [9.17, 15) is 0 Å². The molecule has 0 aliphatic heterocycles. The lowest BCUT2D eigenvalue weighted by atomic mass is 9.95. The lowest BCUT2D eigenvalue weighted by Crippen LogP contribution is -1.96. The van der Waals surface area contributed by atoms with Gasteiger partial charge < -0.3 is 9.13 Å². The molecule has 0 saturated carbocycles. The van der Waals surface area contributed by atoms with Crippen molar-refractivity contribution in [2.24, 2.45) is 0 Å². The molecule has 0 aliphatic carbocycles. The van der Waals surface area contributed by atoms with Crippen molar-refractivity contribution in [3.8, 4) is 89.5 Å². The summed E-state index contributed by atoms with van der Waals surface area (Å²) < 4.78 is 4.78. The zero-order valence-corrected chi connectivity index (χ0v) is 40.3. The van der Waals surface area contributed by atoms with Crippen molar-refractivity contribution in [2.75, 3.05) is 0 Å². The molecule has 10 aromatic carbocycles. The molecule has 0 N–H and O–H groups in total. The van der Waals surface area contributed by atoms with E-state index in [4.69, 9.17) is 9.97 Å². The van der Waals surface area contributed by atoms with Crippen LogP contribution in [0, 0.1) is 0 Å². The summed E-state index contributed by atoms with van der Waals surface area (Å²) in [4.78, 5) is 10.1. The van der Waals surface area contributed by atoms with E-state index >= 15 is 0 Å². The molecule has 14 rings (SSSR count). The molecule has 0 atom stereocenters. The molecule has 0 fully saturated rings. The minimum absolute atomic E-state index is 0.905. The number of hydrogen-bond acceptors (Lipinski definition) is 2. The van der Waals surface area contributed by atoms with Gasteiger partial charge in [-0.1, -0.05) is 182 Å². The molecule has 4 aromatic heterocycles. The van der Waals surface area contributed by atoms with Gasteiger partial charge in [0, 0.05) is 67.6 Å². The molecule has 0 unspecified atom stereocenters. The SMILES string of the molecule is c1ccc(-c2ccc3c(c2)c2cc(-c4ccccc4)ccc2n3-c2ccc(-c3ncccc3-c3cccnc3-c3ccc(-n4c5ccc(-c6ccccc6)cc5c5cc(-c6ccccc6)ccc54)cc3)cc2)cc1. The Morgan fingerprint density at radius 3 is 0.770 bits per heavy atom. The molecule has 0 aliphatic rings. The highest BCUT2D eigenvalue weighted by molar-refractivity contribution is 6.13. The number of rotatable bonds is 9. The van der Waals surface area contributed by atoms with E-state index in [2.05, 4.69) is 264 Å². The minimum Gasteiger partial charge on any atom is -0.309 e. The number of aromatic nitrogens is 4. The second-order valence-electron chi connectivity index (χ2n) is 19.0. The predicted octanol–water partition coefficient (Wildman–Crippen LogP) is 18.3. The average molecular weight is 943 g/mol. The Balaban J connectivity index is 0.829. The van der Waals surface area contributed by atoms with Crippen molar-refractivity contribution < 1.29 is 0 Å². The van der Waals surface area contributed by atoms with Crippen molar-refractivity contribution in [3.63, 3.8) is 0 Å². The smallest absolute Gasteiger partial charge is 0.0781 e. The fourth-order valence-corrected chi connectivity index (χ4v) is 11.1. The van der Waals surface area contributed by atoms with Crippen molar-refractivity contribution in [2.45, 2.75) is 0 Å². The highest BCUT2D eigenvalue weighted by atomic mass is 15.0. The van der Waals surface area contributed by atoms with Crippen LogP contribution in [0.5, 0.6) is 0 Å². The number of benzene rings is 10. The van der Waals surface area contributed by atoms with Crippen LogP contribution in [0.4, 0.5) is 0 Å². The first kappa shape index (κ1) is 42.9. The van der Waals surface area contributed by atoms with E-state index in [1.54, 1.807) is 0 Å². The van der Waals surface area contributed by atoms with E-state index in [1.807, 2.05) is 24.5 Å². The summed E-state index contributed by atoms with van der Waals surface area (Å²) in [5.74, 6) is 0. The fourth-order valence-electron chi connectivity index (χ4n) is 11.1. The van der Waals surface area contributed by atoms with Crippen LogP contribution in [-0.2, 0) is 0 Å². The van der Waals surface area contributed by atoms with E-state index in [0.717, 1.165) is 67.1 Å².